The summed E-state index contributed by atoms with van der Waals surface area (Å²) < 4.78 is 0. The van der Waals surface area contributed by atoms with Gasteiger partial charge in [-0.15, -0.1) is 0 Å². The van der Waals surface area contributed by atoms with Gasteiger partial charge in [0.25, 0.3) is 0 Å². The van der Waals surface area contributed by atoms with Crippen LogP contribution in [0.25, 0.3) is 10.9 Å². The fourth-order valence-corrected chi connectivity index (χ4v) is 2.54. The molecular formula is C18H17N5O. The van der Waals surface area contributed by atoms with E-state index in [1.165, 1.54) is 0 Å². The number of hydrogen-bond donors (Lipinski definition) is 2. The molecule has 6 nitrogen and oxygen atoms in total. The first-order valence-electron chi connectivity index (χ1n) is 7.94. The standard InChI is InChI=1S/C18H17N5O/c1-11(24)14-10-20-18(8-16(14)21-13-3-4-13)23-17-5-2-12-9-19-7-6-15(12)22-17/h2,5-10,13H,3-4H2,1H3,(H2,20,21,22,23). The summed E-state index contributed by atoms with van der Waals surface area (Å²) in [6.45, 7) is 1.56. The molecule has 0 spiro atoms. The van der Waals surface area contributed by atoms with E-state index < -0.39 is 0 Å². The number of Topliss-reactive ketones (excluding diaryl/α,β-unsaturated/α-hetero) is 1. The van der Waals surface area contributed by atoms with Gasteiger partial charge < -0.3 is 10.6 Å². The highest BCUT2D eigenvalue weighted by Gasteiger charge is 2.23. The number of fused-ring (bicyclic) bond motifs is 1. The maximum absolute atomic E-state index is 11.8. The third-order valence-electron chi connectivity index (χ3n) is 3.97. The van der Waals surface area contributed by atoms with Crippen molar-refractivity contribution in [3.8, 4) is 0 Å². The molecule has 0 aliphatic heterocycles. The van der Waals surface area contributed by atoms with Crippen molar-refractivity contribution >= 4 is 34.0 Å². The zero-order valence-corrected chi connectivity index (χ0v) is 13.3. The van der Waals surface area contributed by atoms with Crippen LogP contribution in [0.2, 0.25) is 0 Å². The minimum atomic E-state index is 0.00790. The average Bonchev–Trinajstić information content (AvgIpc) is 3.39. The van der Waals surface area contributed by atoms with Crippen molar-refractivity contribution in [2.75, 3.05) is 10.6 Å². The molecule has 4 rings (SSSR count). The third kappa shape index (κ3) is 3.03. The van der Waals surface area contributed by atoms with E-state index in [4.69, 9.17) is 0 Å². The predicted octanol–water partition coefficient (Wildman–Crippen LogP) is 3.55. The van der Waals surface area contributed by atoms with Gasteiger partial charge in [-0.1, -0.05) is 0 Å². The summed E-state index contributed by atoms with van der Waals surface area (Å²) in [6, 6.07) is 8.05. The Kier molecular flexibility index (Phi) is 3.57. The number of nitrogens with zero attached hydrogens (tertiary/aromatic N) is 3. The minimum Gasteiger partial charge on any atom is -0.382 e. The Bertz CT molecular complexity index is 920. The Morgan fingerprint density at radius 1 is 1.17 bits per heavy atom. The molecule has 1 saturated carbocycles. The molecule has 1 aliphatic carbocycles. The van der Waals surface area contributed by atoms with Gasteiger partial charge in [-0.3, -0.25) is 9.78 Å². The quantitative estimate of drug-likeness (QED) is 0.700. The molecule has 24 heavy (non-hydrogen) atoms. The van der Waals surface area contributed by atoms with Crippen molar-refractivity contribution in [3.63, 3.8) is 0 Å². The van der Waals surface area contributed by atoms with E-state index in [0.717, 1.165) is 29.4 Å². The Labute approximate surface area is 139 Å². The first-order chi connectivity index (χ1) is 11.7. The van der Waals surface area contributed by atoms with Crippen LogP contribution in [0.5, 0.6) is 0 Å². The van der Waals surface area contributed by atoms with Crippen LogP contribution < -0.4 is 10.6 Å². The van der Waals surface area contributed by atoms with Gasteiger partial charge in [0.15, 0.2) is 5.78 Å². The van der Waals surface area contributed by atoms with Gasteiger partial charge >= 0.3 is 0 Å². The molecule has 0 radical (unpaired) electrons. The SMILES string of the molecule is CC(=O)c1cnc(Nc2ccc3cnccc3n2)cc1NC1CC1. The van der Waals surface area contributed by atoms with Crippen LogP contribution in [0.1, 0.15) is 30.1 Å². The molecule has 0 aromatic carbocycles. The Balaban J connectivity index is 1.63. The van der Waals surface area contributed by atoms with E-state index >= 15 is 0 Å². The molecule has 6 heteroatoms. The lowest BCUT2D eigenvalue weighted by Gasteiger charge is -2.12. The lowest BCUT2D eigenvalue weighted by atomic mass is 10.1. The number of pyridine rings is 3. The molecule has 0 bridgehead atoms. The molecular weight excluding hydrogens is 302 g/mol. The van der Waals surface area contributed by atoms with Crippen molar-refractivity contribution in [2.24, 2.45) is 0 Å². The number of anilines is 3. The van der Waals surface area contributed by atoms with Gasteiger partial charge in [-0.2, -0.15) is 0 Å². The van der Waals surface area contributed by atoms with Gasteiger partial charge in [-0.25, -0.2) is 9.97 Å². The smallest absolute Gasteiger partial charge is 0.163 e. The molecule has 3 aromatic rings. The van der Waals surface area contributed by atoms with E-state index in [1.807, 2.05) is 24.3 Å². The van der Waals surface area contributed by atoms with Gasteiger partial charge in [0.1, 0.15) is 11.6 Å². The Morgan fingerprint density at radius 3 is 2.83 bits per heavy atom. The fraction of sp³-hybridized carbons (Fsp3) is 0.222. The second kappa shape index (κ2) is 5.88. The van der Waals surface area contributed by atoms with E-state index in [1.54, 1.807) is 25.5 Å². The van der Waals surface area contributed by atoms with Crippen molar-refractivity contribution in [1.29, 1.82) is 0 Å². The Hall–Kier alpha value is -3.02. The lowest BCUT2D eigenvalue weighted by Crippen LogP contribution is -2.08. The van der Waals surface area contributed by atoms with E-state index in [2.05, 4.69) is 25.6 Å². The van der Waals surface area contributed by atoms with Crippen LogP contribution in [0.4, 0.5) is 17.3 Å². The molecule has 1 aliphatic rings. The number of carbonyl (C=O) groups excluding carboxylic acids is 1. The average molecular weight is 319 g/mol. The zero-order valence-electron chi connectivity index (χ0n) is 13.3. The summed E-state index contributed by atoms with van der Waals surface area (Å²) in [5.41, 5.74) is 2.31. The first-order valence-corrected chi connectivity index (χ1v) is 7.94. The van der Waals surface area contributed by atoms with Gasteiger partial charge in [0.2, 0.25) is 0 Å². The molecule has 3 aromatic heterocycles. The molecule has 120 valence electrons. The van der Waals surface area contributed by atoms with Gasteiger partial charge in [-0.05, 0) is 38.0 Å². The second-order valence-corrected chi connectivity index (χ2v) is 5.98. The number of nitrogens with one attached hydrogen (secondary N) is 2. The maximum Gasteiger partial charge on any atom is 0.163 e. The van der Waals surface area contributed by atoms with E-state index in [-0.39, 0.29) is 5.78 Å². The summed E-state index contributed by atoms with van der Waals surface area (Å²) in [7, 11) is 0. The van der Waals surface area contributed by atoms with E-state index in [9.17, 15) is 4.79 Å². The number of carbonyl (C=O) groups is 1. The maximum atomic E-state index is 11.8. The highest BCUT2D eigenvalue weighted by atomic mass is 16.1. The molecule has 1 fully saturated rings. The number of aromatic nitrogens is 3. The van der Waals surface area contributed by atoms with Crippen molar-refractivity contribution in [2.45, 2.75) is 25.8 Å². The summed E-state index contributed by atoms with van der Waals surface area (Å²) in [6.07, 6.45) is 7.39. The van der Waals surface area contributed by atoms with E-state index in [0.29, 0.717) is 23.2 Å². The van der Waals surface area contributed by atoms with Crippen LogP contribution in [-0.4, -0.2) is 26.8 Å². The van der Waals surface area contributed by atoms with Crippen LogP contribution in [0.15, 0.2) is 42.9 Å². The molecule has 3 heterocycles. The number of hydrogen-bond acceptors (Lipinski definition) is 6. The normalized spacial score (nSPS) is 13.7. The molecule has 2 N–H and O–H groups in total. The summed E-state index contributed by atoms with van der Waals surface area (Å²) in [5, 5.41) is 7.58. The molecule has 0 amide bonds. The lowest BCUT2D eigenvalue weighted by molar-refractivity contribution is 0.101. The fourth-order valence-electron chi connectivity index (χ4n) is 2.54. The highest BCUT2D eigenvalue weighted by Crippen LogP contribution is 2.29. The van der Waals surface area contributed by atoms with Gasteiger partial charge in [0, 0.05) is 36.1 Å². The van der Waals surface area contributed by atoms with Crippen LogP contribution in [-0.2, 0) is 0 Å². The topological polar surface area (TPSA) is 79.8 Å². The van der Waals surface area contributed by atoms with Crippen LogP contribution in [0.3, 0.4) is 0 Å². The second-order valence-electron chi connectivity index (χ2n) is 5.98. The van der Waals surface area contributed by atoms with Gasteiger partial charge in [0.05, 0.1) is 16.8 Å². The third-order valence-corrected chi connectivity index (χ3v) is 3.97. The summed E-state index contributed by atoms with van der Waals surface area (Å²) in [5.74, 6) is 1.37. The predicted molar refractivity (Wildman–Crippen MR) is 93.7 cm³/mol. The Morgan fingerprint density at radius 2 is 2.04 bits per heavy atom. The summed E-state index contributed by atoms with van der Waals surface area (Å²) in [4.78, 5) is 24.7. The summed E-state index contributed by atoms with van der Waals surface area (Å²) >= 11 is 0. The van der Waals surface area contributed by atoms with Crippen LogP contribution >= 0.6 is 0 Å². The number of ketones is 1. The molecule has 0 unspecified atom stereocenters. The molecule has 0 saturated heterocycles. The highest BCUT2D eigenvalue weighted by molar-refractivity contribution is 5.99. The zero-order chi connectivity index (χ0) is 16.5. The van der Waals surface area contributed by atoms with Crippen molar-refractivity contribution < 1.29 is 4.79 Å². The van der Waals surface area contributed by atoms with Crippen molar-refractivity contribution in [3.05, 3.63) is 48.4 Å². The first kappa shape index (κ1) is 14.6. The largest absolute Gasteiger partial charge is 0.382 e. The number of rotatable bonds is 5. The monoisotopic (exact) mass is 319 g/mol. The molecule has 0 atom stereocenters. The van der Waals surface area contributed by atoms with Crippen LogP contribution in [0, 0.1) is 0 Å². The minimum absolute atomic E-state index is 0.00790. The van der Waals surface area contributed by atoms with Crippen molar-refractivity contribution in [1.82, 2.24) is 15.0 Å².